The van der Waals surface area contributed by atoms with E-state index in [1.54, 1.807) is 18.7 Å². The van der Waals surface area contributed by atoms with E-state index in [1.165, 1.54) is 0 Å². The Kier molecular flexibility index (Phi) is 14.0. The van der Waals surface area contributed by atoms with Gasteiger partial charge in [-0.05, 0) is 81.8 Å². The Morgan fingerprint density at radius 1 is 1.05 bits per heavy atom. The Morgan fingerprint density at radius 2 is 1.76 bits per heavy atom. The van der Waals surface area contributed by atoms with E-state index >= 15 is 0 Å². The van der Waals surface area contributed by atoms with Crippen molar-refractivity contribution in [2.45, 2.75) is 84.4 Å². The van der Waals surface area contributed by atoms with Gasteiger partial charge in [-0.25, -0.2) is 0 Å². The first kappa shape index (κ1) is 34.5. The molecule has 9 heteroatoms. The number of unbranched alkanes of at least 4 members (excludes halogenated alkanes) is 1. The van der Waals surface area contributed by atoms with Gasteiger partial charge in [0.2, 0.25) is 11.8 Å². The van der Waals surface area contributed by atoms with Crippen LogP contribution in [0, 0.1) is 5.92 Å². The molecule has 3 amide bonds. The molecule has 3 N–H and O–H groups in total. The minimum atomic E-state index is -1.01. The van der Waals surface area contributed by atoms with Crippen LogP contribution in [0.15, 0.2) is 42.5 Å². The Labute approximate surface area is 251 Å². The Bertz CT molecular complexity index is 1140. The first-order chi connectivity index (χ1) is 19.1. The van der Waals surface area contributed by atoms with E-state index in [1.807, 2.05) is 37.3 Å². The number of carbonyl (C=O) groups is 3. The van der Waals surface area contributed by atoms with Crippen LogP contribution >= 0.6 is 12.4 Å². The third-order valence-corrected chi connectivity index (χ3v) is 7.36. The van der Waals surface area contributed by atoms with Crippen LogP contribution in [0.25, 0.3) is 10.8 Å². The molecule has 8 nitrogen and oxygen atoms in total. The fraction of sp³-hybridized carbons (Fsp3) is 0.594. The number of hydrogen-bond acceptors (Lipinski definition) is 5. The summed E-state index contributed by atoms with van der Waals surface area (Å²) in [5.74, 6) is -0.0942. The molecule has 41 heavy (non-hydrogen) atoms. The van der Waals surface area contributed by atoms with Crippen LogP contribution in [0.3, 0.4) is 0 Å². The van der Waals surface area contributed by atoms with Gasteiger partial charge in [0.1, 0.15) is 17.7 Å². The lowest BCUT2D eigenvalue weighted by molar-refractivity contribution is -0.157. The number of nitrogens with zero attached hydrogens (tertiary/aromatic N) is 1. The molecule has 1 aliphatic rings. The largest absolute Gasteiger partial charge is 0.366 e. The molecule has 0 spiro atoms. The normalized spacial score (nSPS) is 16.0. The second-order valence-electron chi connectivity index (χ2n) is 11.6. The SMILES string of the molecule is CCOC(C)(C)C(=O)N1CCCC1C(=O)N[C@H](Cc1ccc2ccccc2c1)C(=O)NCCCCNCC(C)C.Cl. The van der Waals surface area contributed by atoms with Crippen LogP contribution in [0.1, 0.15) is 65.9 Å². The van der Waals surface area contributed by atoms with Crippen molar-refractivity contribution < 1.29 is 19.1 Å². The summed E-state index contributed by atoms with van der Waals surface area (Å²) in [5, 5.41) is 11.7. The maximum absolute atomic E-state index is 13.5. The van der Waals surface area contributed by atoms with Crippen molar-refractivity contribution in [2.24, 2.45) is 5.92 Å². The third kappa shape index (κ3) is 10.3. The quantitative estimate of drug-likeness (QED) is 0.270. The number of hydrogen-bond donors (Lipinski definition) is 3. The molecule has 228 valence electrons. The zero-order chi connectivity index (χ0) is 29.1. The molecular weight excluding hydrogens is 540 g/mol. The minimum Gasteiger partial charge on any atom is -0.366 e. The highest BCUT2D eigenvalue weighted by Crippen LogP contribution is 2.24. The fourth-order valence-corrected chi connectivity index (χ4v) is 5.23. The predicted molar refractivity (Wildman–Crippen MR) is 167 cm³/mol. The fourth-order valence-electron chi connectivity index (χ4n) is 5.23. The summed E-state index contributed by atoms with van der Waals surface area (Å²) >= 11 is 0. The summed E-state index contributed by atoms with van der Waals surface area (Å²) < 4.78 is 5.66. The van der Waals surface area contributed by atoms with E-state index < -0.39 is 17.7 Å². The molecule has 2 aromatic rings. The van der Waals surface area contributed by atoms with E-state index in [-0.39, 0.29) is 30.1 Å². The van der Waals surface area contributed by atoms with E-state index in [0.29, 0.717) is 38.5 Å². The standard InChI is InChI=1S/C32H48N4O4.ClH/c1-6-40-32(4,5)31(39)36-19-11-14-28(36)30(38)35-27(29(37)34-18-10-9-17-33-22-23(2)3)21-24-15-16-25-12-7-8-13-26(25)20-24;/h7-8,12-13,15-16,20,23,27-28,33H,6,9-11,14,17-19,21-22H2,1-5H3,(H,34,37)(H,35,38);1H/t27-,28?;/m1./s1. The number of likely N-dealkylation sites (tertiary alicyclic amines) is 1. The van der Waals surface area contributed by atoms with Crippen LogP contribution < -0.4 is 16.0 Å². The number of carbonyl (C=O) groups excluding carboxylic acids is 3. The van der Waals surface area contributed by atoms with Crippen molar-refractivity contribution in [1.82, 2.24) is 20.9 Å². The lowest BCUT2D eigenvalue weighted by Gasteiger charge is -2.33. The van der Waals surface area contributed by atoms with Crippen molar-refractivity contribution in [1.29, 1.82) is 0 Å². The Hall–Kier alpha value is -2.68. The zero-order valence-electron chi connectivity index (χ0n) is 25.3. The number of rotatable bonds is 15. The number of nitrogens with one attached hydrogen (secondary N) is 3. The summed E-state index contributed by atoms with van der Waals surface area (Å²) in [6.07, 6.45) is 3.48. The minimum absolute atomic E-state index is 0. The lowest BCUT2D eigenvalue weighted by atomic mass is 10.0. The van der Waals surface area contributed by atoms with Gasteiger partial charge >= 0.3 is 0 Å². The second-order valence-corrected chi connectivity index (χ2v) is 11.6. The van der Waals surface area contributed by atoms with Gasteiger partial charge in [0.05, 0.1) is 0 Å². The Morgan fingerprint density at radius 3 is 2.46 bits per heavy atom. The topological polar surface area (TPSA) is 99.8 Å². The van der Waals surface area contributed by atoms with Crippen LogP contribution in [0.5, 0.6) is 0 Å². The first-order valence-corrected chi connectivity index (χ1v) is 14.8. The molecule has 2 atom stereocenters. The number of benzene rings is 2. The van der Waals surface area contributed by atoms with Gasteiger partial charge in [0.25, 0.3) is 5.91 Å². The summed E-state index contributed by atoms with van der Waals surface area (Å²) in [7, 11) is 0. The molecule has 0 bridgehead atoms. The number of halogens is 1. The molecule has 0 saturated carbocycles. The molecule has 1 aliphatic heterocycles. The van der Waals surface area contributed by atoms with E-state index in [2.05, 4.69) is 41.9 Å². The van der Waals surface area contributed by atoms with Gasteiger partial charge in [0.15, 0.2) is 0 Å². The zero-order valence-corrected chi connectivity index (χ0v) is 26.1. The van der Waals surface area contributed by atoms with Gasteiger partial charge in [-0.3, -0.25) is 14.4 Å². The highest BCUT2D eigenvalue weighted by Gasteiger charge is 2.41. The number of ether oxygens (including phenoxy) is 1. The summed E-state index contributed by atoms with van der Waals surface area (Å²) in [4.78, 5) is 41.7. The molecule has 0 aliphatic carbocycles. The molecule has 0 radical (unpaired) electrons. The average molecular weight is 589 g/mol. The Balaban J connectivity index is 0.00000588. The van der Waals surface area contributed by atoms with E-state index in [4.69, 9.17) is 4.74 Å². The molecule has 2 aromatic carbocycles. The second kappa shape index (κ2) is 16.7. The van der Waals surface area contributed by atoms with Crippen LogP contribution in [0.4, 0.5) is 0 Å². The lowest BCUT2D eigenvalue weighted by Crippen LogP contribution is -2.56. The van der Waals surface area contributed by atoms with Gasteiger partial charge in [-0.1, -0.05) is 56.3 Å². The average Bonchev–Trinajstić information content (AvgIpc) is 3.41. The summed E-state index contributed by atoms with van der Waals surface area (Å²) in [6, 6.07) is 12.8. The van der Waals surface area contributed by atoms with Crippen molar-refractivity contribution in [3.8, 4) is 0 Å². The molecule has 0 aromatic heterocycles. The van der Waals surface area contributed by atoms with Gasteiger partial charge in [-0.2, -0.15) is 0 Å². The molecule has 1 fully saturated rings. The smallest absolute Gasteiger partial charge is 0.254 e. The van der Waals surface area contributed by atoms with Crippen molar-refractivity contribution in [3.05, 3.63) is 48.0 Å². The monoisotopic (exact) mass is 588 g/mol. The maximum Gasteiger partial charge on any atom is 0.254 e. The van der Waals surface area contributed by atoms with Crippen molar-refractivity contribution in [2.75, 3.05) is 32.8 Å². The first-order valence-electron chi connectivity index (χ1n) is 14.8. The summed E-state index contributed by atoms with van der Waals surface area (Å²) in [6.45, 7) is 13.0. The van der Waals surface area contributed by atoms with E-state index in [0.717, 1.165) is 48.7 Å². The predicted octanol–water partition coefficient (Wildman–Crippen LogP) is 4.24. The maximum atomic E-state index is 13.5. The number of fused-ring (bicyclic) bond motifs is 1. The highest BCUT2D eigenvalue weighted by molar-refractivity contribution is 5.94. The molecule has 1 unspecified atom stereocenters. The third-order valence-electron chi connectivity index (χ3n) is 7.36. The van der Waals surface area contributed by atoms with Gasteiger partial charge in [-0.15, -0.1) is 12.4 Å². The van der Waals surface area contributed by atoms with Crippen molar-refractivity contribution >= 4 is 40.9 Å². The summed E-state index contributed by atoms with van der Waals surface area (Å²) in [5.41, 5.74) is -0.0439. The van der Waals surface area contributed by atoms with Crippen LogP contribution in [0.2, 0.25) is 0 Å². The van der Waals surface area contributed by atoms with Gasteiger partial charge in [0, 0.05) is 26.1 Å². The van der Waals surface area contributed by atoms with Crippen LogP contribution in [-0.2, 0) is 25.5 Å². The molecule has 3 rings (SSSR count). The molecular formula is C32H49ClN4O4. The number of amides is 3. The highest BCUT2D eigenvalue weighted by atomic mass is 35.5. The van der Waals surface area contributed by atoms with Crippen LogP contribution in [-0.4, -0.2) is 73.1 Å². The molecule has 1 heterocycles. The molecule has 1 saturated heterocycles. The van der Waals surface area contributed by atoms with E-state index in [9.17, 15) is 14.4 Å². The van der Waals surface area contributed by atoms with Crippen molar-refractivity contribution in [3.63, 3.8) is 0 Å². The van der Waals surface area contributed by atoms with Gasteiger partial charge < -0.3 is 25.6 Å².